The summed E-state index contributed by atoms with van der Waals surface area (Å²) in [6.45, 7) is 1.66. The minimum Gasteiger partial charge on any atom is -0.332 e. The highest BCUT2D eigenvalue weighted by molar-refractivity contribution is 8.45. The molecule has 1 aromatic carbocycles. The van der Waals surface area contributed by atoms with Gasteiger partial charge in [-0.15, -0.1) is 11.3 Å². The van der Waals surface area contributed by atoms with E-state index in [0.29, 0.717) is 23.3 Å². The molecule has 2 aromatic rings. The Kier molecular flexibility index (Phi) is 3.12. The molecule has 3 nitrogen and oxygen atoms in total. The monoisotopic (exact) mass is 344 g/mol. The standard InChI is InChI=1S/C11H9F5N2OS2/c1-7-10(6-19)18-11(20-7)17-8-2-4-9(5-3-8)21(12,13,14,15)16/h2-6H,1H3,(H,17,18). The summed E-state index contributed by atoms with van der Waals surface area (Å²) in [6.07, 6.45) is 0.550. The summed E-state index contributed by atoms with van der Waals surface area (Å²) in [6, 6.07) is 2.38. The van der Waals surface area contributed by atoms with Crippen molar-refractivity contribution >= 4 is 38.7 Å². The van der Waals surface area contributed by atoms with Crippen LogP contribution in [0.1, 0.15) is 15.4 Å². The third kappa shape index (κ3) is 3.70. The molecule has 2 rings (SSSR count). The molecule has 0 saturated heterocycles. The molecule has 0 radical (unpaired) electrons. The molecule has 0 spiro atoms. The fourth-order valence-electron chi connectivity index (χ4n) is 1.49. The zero-order valence-electron chi connectivity index (χ0n) is 10.4. The molecular weight excluding hydrogens is 335 g/mol. The van der Waals surface area contributed by atoms with Gasteiger partial charge in [0.05, 0.1) is 0 Å². The Morgan fingerprint density at radius 3 is 2.14 bits per heavy atom. The molecule has 116 valence electrons. The van der Waals surface area contributed by atoms with Gasteiger partial charge in [0.15, 0.2) is 11.4 Å². The van der Waals surface area contributed by atoms with Crippen LogP contribution < -0.4 is 5.32 Å². The number of aldehydes is 1. The number of anilines is 2. The predicted octanol–water partition coefficient (Wildman–Crippen LogP) is 5.67. The number of nitrogens with zero attached hydrogens (tertiary/aromatic N) is 1. The van der Waals surface area contributed by atoms with Gasteiger partial charge in [0.2, 0.25) is 0 Å². The molecule has 0 aliphatic carbocycles. The molecule has 0 fully saturated rings. The van der Waals surface area contributed by atoms with Crippen LogP contribution in [0.5, 0.6) is 0 Å². The van der Waals surface area contributed by atoms with Gasteiger partial charge < -0.3 is 5.32 Å². The van der Waals surface area contributed by atoms with Gasteiger partial charge in [-0.05, 0) is 31.2 Å². The minimum absolute atomic E-state index is 0.159. The van der Waals surface area contributed by atoms with Crippen molar-refractivity contribution in [3.8, 4) is 0 Å². The van der Waals surface area contributed by atoms with Crippen molar-refractivity contribution in [3.05, 3.63) is 34.8 Å². The Labute approximate surface area is 120 Å². The van der Waals surface area contributed by atoms with E-state index < -0.39 is 15.1 Å². The smallest absolute Gasteiger partial charge is 0.310 e. The van der Waals surface area contributed by atoms with E-state index >= 15 is 0 Å². The number of halogens is 5. The van der Waals surface area contributed by atoms with Gasteiger partial charge in [-0.3, -0.25) is 4.79 Å². The Balaban J connectivity index is 2.26. The first-order valence-corrected chi connectivity index (χ1v) is 8.19. The van der Waals surface area contributed by atoms with Gasteiger partial charge in [-0.1, -0.05) is 19.4 Å². The summed E-state index contributed by atoms with van der Waals surface area (Å²) in [5.41, 5.74) is 0.373. The average Bonchev–Trinajstić information content (AvgIpc) is 2.67. The fourth-order valence-corrected chi connectivity index (χ4v) is 2.94. The first-order chi connectivity index (χ1) is 9.39. The molecule has 0 aliphatic rings. The maximum Gasteiger partial charge on any atom is 0.310 e. The van der Waals surface area contributed by atoms with E-state index in [2.05, 4.69) is 10.3 Å². The summed E-state index contributed by atoms with van der Waals surface area (Å²) in [5.74, 6) is 0. The van der Waals surface area contributed by atoms with Crippen molar-refractivity contribution < 1.29 is 24.2 Å². The summed E-state index contributed by atoms with van der Waals surface area (Å²) in [5, 5.41) is 2.94. The lowest BCUT2D eigenvalue weighted by Crippen LogP contribution is -2.05. The zero-order chi connectivity index (χ0) is 16.0. The zero-order valence-corrected chi connectivity index (χ0v) is 12.1. The molecule has 21 heavy (non-hydrogen) atoms. The first kappa shape index (κ1) is 15.7. The van der Waals surface area contributed by atoms with Crippen LogP contribution in [0.3, 0.4) is 0 Å². The Hall–Kier alpha value is -1.68. The van der Waals surface area contributed by atoms with Crippen molar-refractivity contribution in [2.24, 2.45) is 0 Å². The third-order valence-electron chi connectivity index (χ3n) is 2.50. The van der Waals surface area contributed by atoms with E-state index in [0.717, 1.165) is 23.5 Å². The van der Waals surface area contributed by atoms with Crippen LogP contribution in [0, 0.1) is 6.92 Å². The first-order valence-electron chi connectivity index (χ1n) is 5.43. The maximum absolute atomic E-state index is 12.5. The number of rotatable bonds is 4. The topological polar surface area (TPSA) is 42.0 Å². The van der Waals surface area contributed by atoms with Crippen molar-refractivity contribution in [1.29, 1.82) is 0 Å². The van der Waals surface area contributed by atoms with Crippen LogP contribution in [0.2, 0.25) is 0 Å². The third-order valence-corrected chi connectivity index (χ3v) is 4.56. The number of benzene rings is 1. The fraction of sp³-hybridized carbons (Fsp3) is 0.0909. The number of hydrogen-bond acceptors (Lipinski definition) is 4. The summed E-state index contributed by atoms with van der Waals surface area (Å²) in [7, 11) is -9.65. The van der Waals surface area contributed by atoms with Crippen LogP contribution in [0.4, 0.5) is 30.2 Å². The van der Waals surface area contributed by atoms with Crippen molar-refractivity contribution in [1.82, 2.24) is 4.98 Å². The highest BCUT2D eigenvalue weighted by atomic mass is 32.5. The minimum atomic E-state index is -9.65. The lowest BCUT2D eigenvalue weighted by molar-refractivity contribution is 0.111. The molecule has 0 bridgehead atoms. The Morgan fingerprint density at radius 2 is 1.71 bits per heavy atom. The van der Waals surface area contributed by atoms with Crippen molar-refractivity contribution in [2.45, 2.75) is 11.8 Å². The molecule has 0 amide bonds. The maximum atomic E-state index is 12.5. The second kappa shape index (κ2) is 4.17. The van der Waals surface area contributed by atoms with E-state index in [1.54, 1.807) is 6.92 Å². The Morgan fingerprint density at radius 1 is 1.14 bits per heavy atom. The van der Waals surface area contributed by atoms with Gasteiger partial charge in [-0.25, -0.2) is 4.98 Å². The van der Waals surface area contributed by atoms with E-state index in [9.17, 15) is 24.2 Å². The molecule has 10 heteroatoms. The largest absolute Gasteiger partial charge is 0.332 e. The van der Waals surface area contributed by atoms with Gasteiger partial charge in [0, 0.05) is 10.6 Å². The number of nitrogens with one attached hydrogen (secondary N) is 1. The molecular formula is C11H9F5N2OS2. The number of thiazole rings is 1. The number of carbonyl (C=O) groups is 1. The molecule has 0 unspecified atom stereocenters. The quantitative estimate of drug-likeness (QED) is 0.574. The molecule has 0 aliphatic heterocycles. The highest BCUT2D eigenvalue weighted by Crippen LogP contribution is 3.02. The number of aromatic nitrogens is 1. The molecule has 1 N–H and O–H groups in total. The van der Waals surface area contributed by atoms with Crippen molar-refractivity contribution in [2.75, 3.05) is 5.32 Å². The molecule has 1 heterocycles. The van der Waals surface area contributed by atoms with Crippen LogP contribution in [0.15, 0.2) is 29.2 Å². The van der Waals surface area contributed by atoms with Gasteiger partial charge in [0.25, 0.3) is 0 Å². The van der Waals surface area contributed by atoms with Gasteiger partial charge in [0.1, 0.15) is 10.6 Å². The van der Waals surface area contributed by atoms with E-state index in [-0.39, 0.29) is 16.5 Å². The van der Waals surface area contributed by atoms with Crippen LogP contribution in [0.25, 0.3) is 0 Å². The van der Waals surface area contributed by atoms with E-state index in [1.807, 2.05) is 0 Å². The summed E-state index contributed by atoms with van der Waals surface area (Å²) in [4.78, 5) is 13.2. The lowest BCUT2D eigenvalue weighted by atomic mass is 10.3. The molecule has 0 saturated carbocycles. The second-order valence-electron chi connectivity index (χ2n) is 4.20. The Bertz CT molecular complexity index is 694. The van der Waals surface area contributed by atoms with Gasteiger partial charge in [-0.2, -0.15) is 0 Å². The second-order valence-corrected chi connectivity index (χ2v) is 7.81. The van der Waals surface area contributed by atoms with E-state index in [4.69, 9.17) is 0 Å². The lowest BCUT2D eigenvalue weighted by Gasteiger charge is -2.40. The number of aryl methyl sites for hydroxylation is 1. The van der Waals surface area contributed by atoms with Crippen LogP contribution in [-0.2, 0) is 0 Å². The molecule has 1 aromatic heterocycles. The van der Waals surface area contributed by atoms with Crippen LogP contribution in [-0.4, -0.2) is 11.3 Å². The summed E-state index contributed by atoms with van der Waals surface area (Å²) >= 11 is 1.13. The number of hydrogen-bond donors (Lipinski definition) is 1. The molecule has 0 atom stereocenters. The normalized spacial score (nSPS) is 15.1. The predicted molar refractivity (Wildman–Crippen MR) is 73.4 cm³/mol. The van der Waals surface area contributed by atoms with E-state index in [1.165, 1.54) is 0 Å². The SMILES string of the molecule is Cc1sc(Nc2ccc(S(F)(F)(F)(F)F)cc2)nc1C=O. The highest BCUT2D eigenvalue weighted by Gasteiger charge is 2.65. The van der Waals surface area contributed by atoms with Crippen molar-refractivity contribution in [3.63, 3.8) is 0 Å². The van der Waals surface area contributed by atoms with Gasteiger partial charge >= 0.3 is 10.2 Å². The number of carbonyl (C=O) groups excluding carboxylic acids is 1. The van der Waals surface area contributed by atoms with Crippen LogP contribution >= 0.6 is 21.6 Å². The summed E-state index contributed by atoms with van der Waals surface area (Å²) < 4.78 is 62.7. The average molecular weight is 344 g/mol.